The maximum atomic E-state index is 12.8. The Balaban J connectivity index is 2.36. The molecule has 0 radical (unpaired) electrons. The van der Waals surface area contributed by atoms with Crippen LogP contribution in [0.3, 0.4) is 0 Å². The molecule has 0 spiro atoms. The summed E-state index contributed by atoms with van der Waals surface area (Å²) in [6.07, 6.45) is 5.71. The molecule has 0 saturated carbocycles. The average Bonchev–Trinajstić information content (AvgIpc) is 2.68. The second-order valence-electron chi connectivity index (χ2n) is 7.11. The zero-order valence-electron chi connectivity index (χ0n) is 17.4. The number of alkyl halides is 3. The molecule has 28 heavy (non-hydrogen) atoms. The lowest BCUT2D eigenvalue weighted by atomic mass is 10.1. The van der Waals surface area contributed by atoms with E-state index in [-0.39, 0.29) is 0 Å². The molecule has 0 aliphatic heterocycles. The molecule has 0 heterocycles. The first-order chi connectivity index (χ1) is 13.4. The van der Waals surface area contributed by atoms with Crippen molar-refractivity contribution in [1.29, 1.82) is 0 Å². The van der Waals surface area contributed by atoms with Gasteiger partial charge in [-0.15, -0.1) is 0 Å². The summed E-state index contributed by atoms with van der Waals surface area (Å²) in [5.41, 5.74) is 0.0268. The van der Waals surface area contributed by atoms with Gasteiger partial charge in [-0.3, -0.25) is 0 Å². The summed E-state index contributed by atoms with van der Waals surface area (Å²) >= 11 is 0. The predicted octanol–water partition coefficient (Wildman–Crippen LogP) is 6.74. The zero-order chi connectivity index (χ0) is 20.9. The third-order valence-electron chi connectivity index (χ3n) is 4.89. The van der Waals surface area contributed by atoms with E-state index in [0.29, 0.717) is 31.4 Å². The van der Waals surface area contributed by atoms with Gasteiger partial charge in [-0.25, -0.2) is 0 Å². The first-order valence-electron chi connectivity index (χ1n) is 10.3. The Bertz CT molecular complexity index is 528. The Morgan fingerprint density at radius 3 is 2.11 bits per heavy atom. The highest BCUT2D eigenvalue weighted by Gasteiger charge is 2.31. The van der Waals surface area contributed by atoms with Gasteiger partial charge in [-0.05, 0) is 30.9 Å². The third kappa shape index (κ3) is 9.39. The molecule has 3 nitrogen and oxygen atoms in total. The fourth-order valence-electron chi connectivity index (χ4n) is 3.18. The molecular weight excluding hydrogens is 369 g/mol. The van der Waals surface area contributed by atoms with Crippen LogP contribution in [0.25, 0.3) is 0 Å². The number of hydrogen-bond donors (Lipinski definition) is 0. The Morgan fingerprint density at radius 2 is 1.50 bits per heavy atom. The van der Waals surface area contributed by atoms with Crippen LogP contribution < -0.4 is 0 Å². The first kappa shape index (κ1) is 24.9. The van der Waals surface area contributed by atoms with Crippen LogP contribution >= 0.6 is 0 Å². The number of methoxy groups -OCH3 is 2. The minimum absolute atomic E-state index is 0.356. The topological polar surface area (TPSA) is 27.7 Å². The minimum atomic E-state index is -4.32. The molecule has 0 unspecified atom stereocenters. The Labute approximate surface area is 167 Å². The molecular formula is C22H35F3O3. The van der Waals surface area contributed by atoms with Crippen LogP contribution in [0.1, 0.15) is 75.8 Å². The van der Waals surface area contributed by atoms with Crippen LogP contribution in [0.15, 0.2) is 24.3 Å². The van der Waals surface area contributed by atoms with E-state index >= 15 is 0 Å². The van der Waals surface area contributed by atoms with Crippen LogP contribution in [-0.2, 0) is 26.8 Å². The molecule has 0 amide bonds. The second kappa shape index (κ2) is 13.2. The lowest BCUT2D eigenvalue weighted by Crippen LogP contribution is -2.37. The predicted molar refractivity (Wildman–Crippen MR) is 105 cm³/mol. The van der Waals surface area contributed by atoms with Crippen molar-refractivity contribution in [3.8, 4) is 0 Å². The van der Waals surface area contributed by atoms with Crippen molar-refractivity contribution in [1.82, 2.24) is 0 Å². The number of unbranched alkanes of at least 4 members (excludes halogenated alkanes) is 6. The summed E-state index contributed by atoms with van der Waals surface area (Å²) in [7, 11) is 3.11. The fourth-order valence-corrected chi connectivity index (χ4v) is 3.18. The van der Waals surface area contributed by atoms with E-state index in [1.165, 1.54) is 44.2 Å². The molecule has 0 bridgehead atoms. The summed E-state index contributed by atoms with van der Waals surface area (Å²) < 4.78 is 55.1. The van der Waals surface area contributed by atoms with Gasteiger partial charge in [0.2, 0.25) is 0 Å². The second-order valence-corrected chi connectivity index (χ2v) is 7.11. The highest BCUT2D eigenvalue weighted by molar-refractivity contribution is 5.25. The van der Waals surface area contributed by atoms with E-state index in [0.717, 1.165) is 18.9 Å². The first-order valence-corrected chi connectivity index (χ1v) is 10.3. The number of halogens is 3. The maximum absolute atomic E-state index is 12.8. The summed E-state index contributed by atoms with van der Waals surface area (Å²) in [6, 6.07) is 5.42. The summed E-state index contributed by atoms with van der Waals surface area (Å²) in [6.45, 7) is 2.56. The Hall–Kier alpha value is -1.11. The highest BCUT2D eigenvalue weighted by Crippen LogP contribution is 2.30. The summed E-state index contributed by atoms with van der Waals surface area (Å²) in [4.78, 5) is 0. The molecule has 0 aliphatic carbocycles. The molecule has 162 valence electrons. The van der Waals surface area contributed by atoms with Gasteiger partial charge in [0.05, 0.1) is 12.2 Å². The van der Waals surface area contributed by atoms with Gasteiger partial charge in [-0.2, -0.15) is 13.2 Å². The van der Waals surface area contributed by atoms with E-state index < -0.39 is 17.7 Å². The van der Waals surface area contributed by atoms with Gasteiger partial charge in [0, 0.05) is 20.6 Å². The smallest absolute Gasteiger partial charge is 0.331 e. The van der Waals surface area contributed by atoms with E-state index in [1.807, 2.05) is 0 Å². The molecule has 0 N–H and O–H groups in total. The SMILES string of the molecule is CCCCCCCCCC(OC)(OC)OCCCc1cccc(C(F)(F)F)c1. The van der Waals surface area contributed by atoms with Gasteiger partial charge in [0.15, 0.2) is 0 Å². The van der Waals surface area contributed by atoms with Gasteiger partial charge in [-0.1, -0.05) is 63.6 Å². The van der Waals surface area contributed by atoms with Crippen molar-refractivity contribution in [2.24, 2.45) is 0 Å². The standard InChI is InChI=1S/C22H35F3O3/c1-4-5-6-7-8-9-10-16-21(26-2,27-3)28-17-12-14-19-13-11-15-20(18-19)22(23,24)25/h11,13,15,18H,4-10,12,14,16-17H2,1-3H3. The average molecular weight is 405 g/mol. The van der Waals surface area contributed by atoms with Crippen molar-refractivity contribution in [2.75, 3.05) is 20.8 Å². The number of ether oxygens (including phenoxy) is 3. The molecule has 6 heteroatoms. The van der Waals surface area contributed by atoms with Crippen LogP contribution in [-0.4, -0.2) is 26.8 Å². The summed E-state index contributed by atoms with van der Waals surface area (Å²) in [5, 5.41) is 0. The zero-order valence-corrected chi connectivity index (χ0v) is 17.4. The van der Waals surface area contributed by atoms with Crippen molar-refractivity contribution < 1.29 is 27.4 Å². The Morgan fingerprint density at radius 1 is 0.857 bits per heavy atom. The fraction of sp³-hybridized carbons (Fsp3) is 0.727. The van der Waals surface area contributed by atoms with E-state index in [2.05, 4.69) is 6.92 Å². The molecule has 0 atom stereocenters. The van der Waals surface area contributed by atoms with E-state index in [4.69, 9.17) is 14.2 Å². The summed E-state index contributed by atoms with van der Waals surface area (Å²) in [5.74, 6) is -1.07. The molecule has 0 aliphatic rings. The molecule has 0 saturated heterocycles. The van der Waals surface area contributed by atoms with E-state index in [9.17, 15) is 13.2 Å². The van der Waals surface area contributed by atoms with Gasteiger partial charge in [0.25, 0.3) is 5.97 Å². The van der Waals surface area contributed by atoms with Gasteiger partial charge >= 0.3 is 6.18 Å². The van der Waals surface area contributed by atoms with Crippen molar-refractivity contribution in [2.45, 2.75) is 83.3 Å². The molecule has 0 aromatic heterocycles. The monoisotopic (exact) mass is 404 g/mol. The molecule has 1 aromatic carbocycles. The number of hydrogen-bond acceptors (Lipinski definition) is 3. The maximum Gasteiger partial charge on any atom is 0.416 e. The number of rotatable bonds is 15. The number of benzene rings is 1. The molecule has 0 fully saturated rings. The van der Waals surface area contributed by atoms with Crippen LogP contribution in [0.2, 0.25) is 0 Å². The van der Waals surface area contributed by atoms with Crippen LogP contribution in [0.4, 0.5) is 13.2 Å². The van der Waals surface area contributed by atoms with Gasteiger partial charge in [0.1, 0.15) is 0 Å². The van der Waals surface area contributed by atoms with Crippen molar-refractivity contribution in [3.63, 3.8) is 0 Å². The largest absolute Gasteiger partial charge is 0.416 e. The Kier molecular flexibility index (Phi) is 11.7. The molecule has 1 aromatic rings. The van der Waals surface area contributed by atoms with Crippen LogP contribution in [0, 0.1) is 0 Å². The van der Waals surface area contributed by atoms with Crippen LogP contribution in [0.5, 0.6) is 0 Å². The quantitative estimate of drug-likeness (QED) is 0.239. The highest BCUT2D eigenvalue weighted by atomic mass is 19.4. The van der Waals surface area contributed by atoms with Crippen molar-refractivity contribution in [3.05, 3.63) is 35.4 Å². The minimum Gasteiger partial charge on any atom is -0.331 e. The lowest BCUT2D eigenvalue weighted by Gasteiger charge is -2.30. The van der Waals surface area contributed by atoms with E-state index in [1.54, 1.807) is 20.3 Å². The number of aryl methyl sites for hydroxylation is 1. The third-order valence-corrected chi connectivity index (χ3v) is 4.89. The molecule has 1 rings (SSSR count). The lowest BCUT2D eigenvalue weighted by molar-refractivity contribution is -0.365. The van der Waals surface area contributed by atoms with Gasteiger partial charge < -0.3 is 14.2 Å². The van der Waals surface area contributed by atoms with Crippen molar-refractivity contribution >= 4 is 0 Å². The normalized spacial score (nSPS) is 12.5.